The molecule has 0 amide bonds. The molecular formula is C14H22FN. The lowest BCUT2D eigenvalue weighted by Crippen LogP contribution is -2.15. The minimum atomic E-state index is -0.138. The highest BCUT2D eigenvalue weighted by molar-refractivity contribution is 5.28. The van der Waals surface area contributed by atoms with Gasteiger partial charge in [0.15, 0.2) is 0 Å². The number of halogens is 1. The van der Waals surface area contributed by atoms with E-state index in [0.717, 1.165) is 31.5 Å². The van der Waals surface area contributed by atoms with Crippen LogP contribution in [-0.2, 0) is 13.0 Å². The molecule has 0 spiro atoms. The molecule has 1 aromatic rings. The smallest absolute Gasteiger partial charge is 0.123 e. The zero-order valence-electron chi connectivity index (χ0n) is 10.5. The first kappa shape index (κ1) is 13.2. The average molecular weight is 223 g/mol. The summed E-state index contributed by atoms with van der Waals surface area (Å²) >= 11 is 0. The Morgan fingerprint density at radius 3 is 2.62 bits per heavy atom. The molecule has 0 aliphatic carbocycles. The molecule has 0 atom stereocenters. The highest BCUT2D eigenvalue weighted by Gasteiger charge is 2.05. The van der Waals surface area contributed by atoms with Gasteiger partial charge < -0.3 is 5.32 Å². The maximum Gasteiger partial charge on any atom is 0.123 e. The van der Waals surface area contributed by atoms with Crippen LogP contribution in [-0.4, -0.2) is 6.54 Å². The molecule has 0 unspecified atom stereocenters. The molecule has 0 aliphatic rings. The molecule has 0 saturated heterocycles. The van der Waals surface area contributed by atoms with E-state index in [-0.39, 0.29) is 5.82 Å². The van der Waals surface area contributed by atoms with Gasteiger partial charge in [0.2, 0.25) is 0 Å². The van der Waals surface area contributed by atoms with E-state index in [0.29, 0.717) is 5.92 Å². The Balaban J connectivity index is 2.73. The largest absolute Gasteiger partial charge is 0.313 e. The Morgan fingerprint density at radius 2 is 2.00 bits per heavy atom. The van der Waals surface area contributed by atoms with Crippen LogP contribution in [0.2, 0.25) is 0 Å². The van der Waals surface area contributed by atoms with E-state index >= 15 is 0 Å². The summed E-state index contributed by atoms with van der Waals surface area (Å²) in [7, 11) is 0. The van der Waals surface area contributed by atoms with Gasteiger partial charge in [-0.05, 0) is 48.6 Å². The molecule has 0 radical (unpaired) electrons. The molecule has 2 heteroatoms. The lowest BCUT2D eigenvalue weighted by atomic mass is 9.98. The normalized spacial score (nSPS) is 11.1. The predicted molar refractivity (Wildman–Crippen MR) is 66.9 cm³/mol. The van der Waals surface area contributed by atoms with E-state index in [9.17, 15) is 4.39 Å². The molecule has 90 valence electrons. The molecule has 1 rings (SSSR count). The molecule has 0 fully saturated rings. The minimum absolute atomic E-state index is 0.138. The van der Waals surface area contributed by atoms with Gasteiger partial charge in [0.1, 0.15) is 5.82 Å². The third-order valence-corrected chi connectivity index (χ3v) is 2.54. The summed E-state index contributed by atoms with van der Waals surface area (Å²) in [6, 6.07) is 5.12. The van der Waals surface area contributed by atoms with Crippen molar-refractivity contribution >= 4 is 0 Å². The molecular weight excluding hydrogens is 201 g/mol. The minimum Gasteiger partial charge on any atom is -0.313 e. The van der Waals surface area contributed by atoms with Crippen molar-refractivity contribution in [1.29, 1.82) is 0 Å². The molecule has 0 aromatic heterocycles. The maximum atomic E-state index is 13.2. The molecule has 0 aliphatic heterocycles. The highest BCUT2D eigenvalue weighted by atomic mass is 19.1. The van der Waals surface area contributed by atoms with Crippen LogP contribution in [0.15, 0.2) is 18.2 Å². The number of rotatable bonds is 6. The molecule has 16 heavy (non-hydrogen) atoms. The van der Waals surface area contributed by atoms with Crippen molar-refractivity contribution < 1.29 is 4.39 Å². The summed E-state index contributed by atoms with van der Waals surface area (Å²) in [5.41, 5.74) is 2.36. The molecule has 0 saturated carbocycles. The van der Waals surface area contributed by atoms with E-state index in [1.807, 2.05) is 6.07 Å². The second kappa shape index (κ2) is 6.64. The zero-order valence-corrected chi connectivity index (χ0v) is 10.5. The van der Waals surface area contributed by atoms with Crippen molar-refractivity contribution in [3.05, 3.63) is 35.1 Å². The van der Waals surface area contributed by atoms with Gasteiger partial charge in [-0.1, -0.05) is 26.8 Å². The second-order valence-corrected chi connectivity index (χ2v) is 4.69. The van der Waals surface area contributed by atoms with Gasteiger partial charge in [-0.25, -0.2) is 4.39 Å². The predicted octanol–water partition coefficient (Wildman–Crippen LogP) is 3.52. The standard InChI is InChI=1S/C14H22FN/c1-4-7-16-10-13-9-14(15)6-5-12(13)8-11(2)3/h5-6,9,11,16H,4,7-8,10H2,1-3H3. The molecule has 1 N–H and O–H groups in total. The highest BCUT2D eigenvalue weighted by Crippen LogP contribution is 2.15. The Kier molecular flexibility index (Phi) is 5.47. The lowest BCUT2D eigenvalue weighted by Gasteiger charge is -2.12. The Morgan fingerprint density at radius 1 is 1.25 bits per heavy atom. The number of hydrogen-bond donors (Lipinski definition) is 1. The lowest BCUT2D eigenvalue weighted by molar-refractivity contribution is 0.604. The van der Waals surface area contributed by atoms with Gasteiger partial charge in [-0.2, -0.15) is 0 Å². The van der Waals surface area contributed by atoms with Gasteiger partial charge in [0, 0.05) is 6.54 Å². The molecule has 0 bridgehead atoms. The SMILES string of the molecule is CCCNCc1cc(F)ccc1CC(C)C. The van der Waals surface area contributed by atoms with Gasteiger partial charge in [0.05, 0.1) is 0 Å². The monoisotopic (exact) mass is 223 g/mol. The summed E-state index contributed by atoms with van der Waals surface area (Å²) in [4.78, 5) is 0. The maximum absolute atomic E-state index is 13.2. The van der Waals surface area contributed by atoms with Crippen LogP contribution in [0, 0.1) is 11.7 Å². The van der Waals surface area contributed by atoms with Crippen LogP contribution < -0.4 is 5.32 Å². The summed E-state index contributed by atoms with van der Waals surface area (Å²) in [6.07, 6.45) is 2.12. The first-order chi connectivity index (χ1) is 7.63. The third-order valence-electron chi connectivity index (χ3n) is 2.54. The van der Waals surface area contributed by atoms with Crippen LogP contribution in [0.3, 0.4) is 0 Å². The Hall–Kier alpha value is -0.890. The fourth-order valence-corrected chi connectivity index (χ4v) is 1.80. The fraction of sp³-hybridized carbons (Fsp3) is 0.571. The van der Waals surface area contributed by atoms with Crippen LogP contribution in [0.25, 0.3) is 0 Å². The quantitative estimate of drug-likeness (QED) is 0.728. The van der Waals surface area contributed by atoms with Crippen molar-refractivity contribution in [2.45, 2.75) is 40.2 Å². The Labute approximate surface area is 98.1 Å². The Bertz CT molecular complexity index is 321. The summed E-state index contributed by atoms with van der Waals surface area (Å²) < 4.78 is 13.2. The van der Waals surface area contributed by atoms with E-state index < -0.39 is 0 Å². The summed E-state index contributed by atoms with van der Waals surface area (Å²) in [6.45, 7) is 8.26. The number of nitrogens with one attached hydrogen (secondary N) is 1. The third kappa shape index (κ3) is 4.31. The van der Waals surface area contributed by atoms with E-state index in [1.54, 1.807) is 12.1 Å². The first-order valence-electron chi connectivity index (χ1n) is 6.11. The van der Waals surface area contributed by atoms with Crippen LogP contribution in [0.1, 0.15) is 38.3 Å². The fourth-order valence-electron chi connectivity index (χ4n) is 1.80. The topological polar surface area (TPSA) is 12.0 Å². The number of hydrogen-bond acceptors (Lipinski definition) is 1. The summed E-state index contributed by atoms with van der Waals surface area (Å²) in [5.74, 6) is 0.469. The molecule has 0 heterocycles. The van der Waals surface area contributed by atoms with Crippen molar-refractivity contribution in [3.63, 3.8) is 0 Å². The van der Waals surface area contributed by atoms with Crippen LogP contribution in [0.5, 0.6) is 0 Å². The zero-order chi connectivity index (χ0) is 12.0. The van der Waals surface area contributed by atoms with Crippen molar-refractivity contribution in [1.82, 2.24) is 5.32 Å². The van der Waals surface area contributed by atoms with Crippen molar-refractivity contribution in [2.24, 2.45) is 5.92 Å². The molecule has 1 aromatic carbocycles. The van der Waals surface area contributed by atoms with Crippen molar-refractivity contribution in [2.75, 3.05) is 6.54 Å². The van der Waals surface area contributed by atoms with Gasteiger partial charge in [0.25, 0.3) is 0 Å². The summed E-state index contributed by atoms with van der Waals surface area (Å²) in [5, 5.41) is 3.33. The first-order valence-corrected chi connectivity index (χ1v) is 6.11. The van der Waals surface area contributed by atoms with Gasteiger partial charge in [-0.15, -0.1) is 0 Å². The van der Waals surface area contributed by atoms with Crippen LogP contribution in [0.4, 0.5) is 4.39 Å². The van der Waals surface area contributed by atoms with Crippen LogP contribution >= 0.6 is 0 Å². The van der Waals surface area contributed by atoms with E-state index in [1.165, 1.54) is 5.56 Å². The second-order valence-electron chi connectivity index (χ2n) is 4.69. The van der Waals surface area contributed by atoms with Crippen molar-refractivity contribution in [3.8, 4) is 0 Å². The number of benzene rings is 1. The van der Waals surface area contributed by atoms with Gasteiger partial charge >= 0.3 is 0 Å². The van der Waals surface area contributed by atoms with Gasteiger partial charge in [-0.3, -0.25) is 0 Å². The van der Waals surface area contributed by atoms with E-state index in [4.69, 9.17) is 0 Å². The van der Waals surface area contributed by atoms with E-state index in [2.05, 4.69) is 26.1 Å². The molecule has 1 nitrogen and oxygen atoms in total. The average Bonchev–Trinajstić information content (AvgIpc) is 2.22.